The van der Waals surface area contributed by atoms with Gasteiger partial charge in [-0.3, -0.25) is 9.59 Å². The molecule has 416 valence electrons. The Balaban J connectivity index is 2.77. The monoisotopic (exact) mass is 1010 g/mol. The van der Waals surface area contributed by atoms with Crippen LogP contribution in [0.4, 0.5) is 0 Å². The molecule has 0 aromatic carbocycles. The van der Waals surface area contributed by atoms with E-state index in [9.17, 15) is 35.1 Å². The van der Waals surface area contributed by atoms with E-state index in [0.717, 1.165) is 77.0 Å². The molecule has 1 heterocycles. The molecule has 1 fully saturated rings. The van der Waals surface area contributed by atoms with Crippen LogP contribution in [-0.4, -0.2) is 99.6 Å². The SMILES string of the molecule is CCCCC/C=C\C/C=C\C/C=C\C/C=C\CCCC(=O)OC1C(OCC(NC(=O)C(O)CCCCCCCC/C=C\CCCCCC)C(O)/C=C/CCCCCCCCCCCC)OC(CO)C(O)C1O. The second-order valence-corrected chi connectivity index (χ2v) is 20.0. The van der Waals surface area contributed by atoms with E-state index < -0.39 is 67.4 Å². The molecule has 8 unspecified atom stereocenters. The van der Waals surface area contributed by atoms with Crippen LogP contribution in [0.3, 0.4) is 0 Å². The summed E-state index contributed by atoms with van der Waals surface area (Å²) < 4.78 is 17.5. The Hall–Kier alpha value is -2.90. The molecule has 0 aromatic heterocycles. The molecule has 0 bridgehead atoms. The number of aliphatic hydroxyl groups is 5. The van der Waals surface area contributed by atoms with E-state index in [1.807, 2.05) is 18.2 Å². The van der Waals surface area contributed by atoms with Crippen molar-refractivity contribution in [3.8, 4) is 0 Å². The van der Waals surface area contributed by atoms with E-state index in [1.165, 1.54) is 109 Å². The summed E-state index contributed by atoms with van der Waals surface area (Å²) in [6.07, 6.45) is 50.9. The van der Waals surface area contributed by atoms with Gasteiger partial charge in [-0.15, -0.1) is 0 Å². The summed E-state index contributed by atoms with van der Waals surface area (Å²) in [6.45, 7) is 5.70. The minimum atomic E-state index is -1.64. The zero-order valence-corrected chi connectivity index (χ0v) is 45.8. The first kappa shape index (κ1) is 67.1. The minimum absolute atomic E-state index is 0.0452. The van der Waals surface area contributed by atoms with Crippen molar-refractivity contribution in [2.75, 3.05) is 13.2 Å². The Morgan fingerprint density at radius 2 is 0.958 bits per heavy atom. The molecule has 1 aliphatic rings. The highest BCUT2D eigenvalue weighted by molar-refractivity contribution is 5.80. The number of carbonyl (C=O) groups excluding carboxylic acids is 2. The number of hydrogen-bond donors (Lipinski definition) is 6. The number of allylic oxidation sites excluding steroid dienone is 11. The lowest BCUT2D eigenvalue weighted by Crippen LogP contribution is -2.61. The summed E-state index contributed by atoms with van der Waals surface area (Å²) in [4.78, 5) is 26.4. The van der Waals surface area contributed by atoms with Crippen molar-refractivity contribution < 1.29 is 49.3 Å². The highest BCUT2D eigenvalue weighted by Gasteiger charge is 2.47. The fourth-order valence-electron chi connectivity index (χ4n) is 8.64. The zero-order valence-electron chi connectivity index (χ0n) is 45.8. The first-order valence-corrected chi connectivity index (χ1v) is 29.2. The van der Waals surface area contributed by atoms with Crippen LogP contribution in [0, 0.1) is 0 Å². The van der Waals surface area contributed by atoms with Crippen LogP contribution in [-0.2, 0) is 23.8 Å². The number of amides is 1. The van der Waals surface area contributed by atoms with Gasteiger partial charge in [-0.2, -0.15) is 0 Å². The number of aliphatic hydroxyl groups excluding tert-OH is 5. The average Bonchev–Trinajstić information content (AvgIpc) is 3.38. The van der Waals surface area contributed by atoms with E-state index in [4.69, 9.17) is 14.2 Å². The van der Waals surface area contributed by atoms with E-state index in [-0.39, 0.29) is 19.4 Å². The first-order chi connectivity index (χ1) is 35.2. The molecule has 6 N–H and O–H groups in total. The van der Waals surface area contributed by atoms with E-state index >= 15 is 0 Å². The highest BCUT2D eigenvalue weighted by atomic mass is 16.7. The first-order valence-electron chi connectivity index (χ1n) is 29.2. The van der Waals surface area contributed by atoms with Gasteiger partial charge in [0.1, 0.15) is 24.4 Å². The van der Waals surface area contributed by atoms with Gasteiger partial charge in [-0.25, -0.2) is 0 Å². The van der Waals surface area contributed by atoms with Gasteiger partial charge in [0.15, 0.2) is 12.4 Å². The predicted molar refractivity (Wildman–Crippen MR) is 296 cm³/mol. The lowest BCUT2D eigenvalue weighted by molar-refractivity contribution is -0.305. The van der Waals surface area contributed by atoms with E-state index in [0.29, 0.717) is 19.3 Å². The molecule has 1 saturated heterocycles. The fraction of sp³-hybridized carbons (Fsp3) is 0.770. The number of nitrogens with one attached hydrogen (secondary N) is 1. The van der Waals surface area contributed by atoms with Gasteiger partial charge in [0.25, 0.3) is 0 Å². The van der Waals surface area contributed by atoms with Crippen molar-refractivity contribution in [2.45, 2.75) is 288 Å². The van der Waals surface area contributed by atoms with Crippen molar-refractivity contribution >= 4 is 11.9 Å². The number of ether oxygens (including phenoxy) is 3. The number of carbonyl (C=O) groups is 2. The number of esters is 1. The lowest BCUT2D eigenvalue weighted by atomic mass is 9.99. The van der Waals surface area contributed by atoms with Crippen LogP contribution in [0.1, 0.15) is 239 Å². The molecule has 0 radical (unpaired) electrons. The average molecular weight is 1010 g/mol. The third-order valence-electron chi connectivity index (χ3n) is 13.3. The molecule has 72 heavy (non-hydrogen) atoms. The molecular formula is C61H107NO10. The van der Waals surface area contributed by atoms with Crippen molar-refractivity contribution in [3.05, 3.63) is 72.9 Å². The lowest BCUT2D eigenvalue weighted by Gasteiger charge is -2.41. The Bertz CT molecular complexity index is 1440. The molecule has 11 heteroatoms. The van der Waals surface area contributed by atoms with Gasteiger partial charge >= 0.3 is 5.97 Å². The molecule has 1 amide bonds. The highest BCUT2D eigenvalue weighted by Crippen LogP contribution is 2.26. The second kappa shape index (κ2) is 49.0. The van der Waals surface area contributed by atoms with Gasteiger partial charge in [0, 0.05) is 6.42 Å². The van der Waals surface area contributed by atoms with Crippen molar-refractivity contribution in [1.82, 2.24) is 5.32 Å². The molecule has 11 nitrogen and oxygen atoms in total. The summed E-state index contributed by atoms with van der Waals surface area (Å²) in [5, 5.41) is 56.8. The van der Waals surface area contributed by atoms with Crippen LogP contribution in [0.25, 0.3) is 0 Å². The van der Waals surface area contributed by atoms with Crippen molar-refractivity contribution in [1.29, 1.82) is 0 Å². The quantitative estimate of drug-likeness (QED) is 0.0195. The third kappa shape index (κ3) is 36.9. The maximum Gasteiger partial charge on any atom is 0.306 e. The van der Waals surface area contributed by atoms with Gasteiger partial charge in [0.2, 0.25) is 5.91 Å². The molecular weight excluding hydrogens is 907 g/mol. The number of rotatable bonds is 48. The van der Waals surface area contributed by atoms with Crippen LogP contribution in [0.5, 0.6) is 0 Å². The molecule has 8 atom stereocenters. The molecule has 0 aliphatic carbocycles. The number of unbranched alkanes of at least 4 members (excludes halogenated alkanes) is 24. The van der Waals surface area contributed by atoms with Gasteiger partial charge in [-0.05, 0) is 89.9 Å². The fourth-order valence-corrected chi connectivity index (χ4v) is 8.64. The molecule has 1 rings (SSSR count). The smallest absolute Gasteiger partial charge is 0.306 e. The normalized spacial score (nSPS) is 20.0. The summed E-state index contributed by atoms with van der Waals surface area (Å²) >= 11 is 0. The topological polar surface area (TPSA) is 175 Å². The summed E-state index contributed by atoms with van der Waals surface area (Å²) in [6, 6.07) is -1.04. The Kier molecular flexibility index (Phi) is 45.7. The van der Waals surface area contributed by atoms with E-state index in [2.05, 4.69) is 74.7 Å². The molecule has 0 aromatic rings. The second-order valence-electron chi connectivity index (χ2n) is 20.0. The maximum absolute atomic E-state index is 13.4. The standard InChI is InChI=1S/C61H107NO10/c1-4-7-10-13-16-19-22-25-27-28-29-31-34-37-40-43-46-49-56(66)72-59-58(68)57(67)55(50-63)71-61(59)70-51-52(53(64)47-44-41-38-35-32-24-21-18-15-12-9-6-3)62-60(69)54(65)48-45-42-39-36-33-30-26-23-20-17-14-11-8-5-2/h16,19-20,23,25,27,29,31,37,40,44,47,52-55,57-59,61,63-65,67-68H,4-15,17-18,21-22,24,26,28,30,32-36,38-39,41-43,45-46,48-51H2,1-3H3,(H,62,69)/b19-16-,23-20-,27-25-,31-29-,40-37-,47-44+. The molecule has 0 saturated carbocycles. The number of hydrogen-bond acceptors (Lipinski definition) is 10. The largest absolute Gasteiger partial charge is 0.454 e. The Morgan fingerprint density at radius 1 is 0.542 bits per heavy atom. The zero-order chi connectivity index (χ0) is 52.5. The molecule has 0 spiro atoms. The van der Waals surface area contributed by atoms with Gasteiger partial charge < -0.3 is 45.1 Å². The van der Waals surface area contributed by atoms with Crippen molar-refractivity contribution in [2.24, 2.45) is 0 Å². The summed E-state index contributed by atoms with van der Waals surface area (Å²) in [7, 11) is 0. The van der Waals surface area contributed by atoms with Crippen molar-refractivity contribution in [3.63, 3.8) is 0 Å². The van der Waals surface area contributed by atoms with E-state index in [1.54, 1.807) is 6.08 Å². The molecule has 1 aliphatic heterocycles. The van der Waals surface area contributed by atoms with Gasteiger partial charge in [0.05, 0.1) is 25.4 Å². The Labute approximate surface area is 439 Å². The van der Waals surface area contributed by atoms with Crippen LogP contribution in [0.2, 0.25) is 0 Å². The maximum atomic E-state index is 13.4. The predicted octanol–water partition coefficient (Wildman–Crippen LogP) is 13.2. The Morgan fingerprint density at radius 3 is 1.49 bits per heavy atom. The van der Waals surface area contributed by atoms with Crippen LogP contribution < -0.4 is 5.32 Å². The van der Waals surface area contributed by atoms with Crippen LogP contribution >= 0.6 is 0 Å². The minimum Gasteiger partial charge on any atom is -0.454 e. The van der Waals surface area contributed by atoms with Crippen LogP contribution in [0.15, 0.2) is 72.9 Å². The van der Waals surface area contributed by atoms with Gasteiger partial charge in [-0.1, -0.05) is 216 Å². The summed E-state index contributed by atoms with van der Waals surface area (Å²) in [5.74, 6) is -1.26. The third-order valence-corrected chi connectivity index (χ3v) is 13.3. The summed E-state index contributed by atoms with van der Waals surface area (Å²) in [5.41, 5.74) is 0.